The van der Waals surface area contributed by atoms with Crippen LogP contribution in [0.25, 0.3) is 0 Å². The van der Waals surface area contributed by atoms with E-state index in [2.05, 4.69) is 17.6 Å². The number of nitrogens with one attached hydrogen (secondary N) is 2. The van der Waals surface area contributed by atoms with E-state index in [-0.39, 0.29) is 5.91 Å². The first-order valence-electron chi connectivity index (χ1n) is 4.33. The van der Waals surface area contributed by atoms with Crippen molar-refractivity contribution in [2.24, 2.45) is 0 Å². The first-order valence-corrected chi connectivity index (χ1v) is 4.33. The van der Waals surface area contributed by atoms with Crippen LogP contribution in [0, 0.1) is 0 Å². The van der Waals surface area contributed by atoms with Gasteiger partial charge in [-0.1, -0.05) is 20.8 Å². The van der Waals surface area contributed by atoms with E-state index in [9.17, 15) is 4.79 Å². The Morgan fingerprint density at radius 1 is 1.64 bits per heavy atom. The molecule has 11 heavy (non-hydrogen) atoms. The van der Waals surface area contributed by atoms with Crippen molar-refractivity contribution in [1.82, 2.24) is 10.6 Å². The lowest BCUT2D eigenvalue weighted by molar-refractivity contribution is -0.128. The van der Waals surface area contributed by atoms with Gasteiger partial charge in [0.05, 0.1) is 0 Å². The van der Waals surface area contributed by atoms with E-state index in [1.165, 1.54) is 0 Å². The summed E-state index contributed by atoms with van der Waals surface area (Å²) in [5.41, 5.74) is 0. The van der Waals surface area contributed by atoms with Crippen molar-refractivity contribution in [1.29, 1.82) is 0 Å². The molecule has 1 heterocycles. The molecule has 0 radical (unpaired) electrons. The van der Waals surface area contributed by atoms with Crippen molar-refractivity contribution in [3.8, 4) is 0 Å². The summed E-state index contributed by atoms with van der Waals surface area (Å²) in [5, 5.41) is 5.93. The van der Waals surface area contributed by atoms with Gasteiger partial charge in [-0.2, -0.15) is 0 Å². The van der Waals surface area contributed by atoms with E-state index in [0.717, 1.165) is 13.1 Å². The molecule has 2 N–H and O–H groups in total. The highest BCUT2D eigenvalue weighted by Gasteiger charge is 2.23. The molecule has 1 amide bonds. The molecule has 66 valence electrons. The van der Waals surface area contributed by atoms with Gasteiger partial charge >= 0.3 is 0 Å². The fraction of sp³-hybridized carbons (Fsp3) is 0.875. The van der Waals surface area contributed by atoms with Crippen molar-refractivity contribution >= 4 is 5.91 Å². The zero-order valence-electron chi connectivity index (χ0n) is 7.61. The van der Waals surface area contributed by atoms with Gasteiger partial charge in [-0.15, -0.1) is 0 Å². The largest absolute Gasteiger partial charge is 0.352 e. The zero-order chi connectivity index (χ0) is 8.69. The summed E-state index contributed by atoms with van der Waals surface area (Å²) < 4.78 is 0. The average molecular weight is 158 g/mol. The number of hydrogen-bond acceptors (Lipinski definition) is 2. The molecule has 0 aromatic carbocycles. The lowest BCUT2D eigenvalue weighted by Crippen LogP contribution is -2.53. The van der Waals surface area contributed by atoms with Gasteiger partial charge in [0.2, 0.25) is 5.91 Å². The summed E-state index contributed by atoms with van der Waals surface area (Å²) in [6.07, 6.45) is 0.701. The van der Waals surface area contributed by atoms with Gasteiger partial charge in [0.1, 0.15) is 0 Å². The summed E-state index contributed by atoms with van der Waals surface area (Å²) in [6, 6.07) is 0.400. The number of likely N-dealkylation sites (N-methyl/N-ethyl adjacent to an activating group) is 1. The summed E-state index contributed by atoms with van der Waals surface area (Å²) >= 11 is 0. The molecule has 1 atom stereocenters. The van der Waals surface area contributed by atoms with Gasteiger partial charge in [0, 0.05) is 19.0 Å². The molecular weight excluding hydrogens is 140 g/mol. The number of amides is 1. The summed E-state index contributed by atoms with van der Waals surface area (Å²) in [7, 11) is 0. The molecule has 1 aliphatic heterocycles. The van der Waals surface area contributed by atoms with Crippen molar-refractivity contribution in [2.45, 2.75) is 33.2 Å². The highest BCUT2D eigenvalue weighted by atomic mass is 16.2. The molecule has 1 rings (SSSR count). The second kappa shape index (κ2) is 6.16. The molecule has 0 aromatic rings. The quantitative estimate of drug-likeness (QED) is 0.588. The Morgan fingerprint density at radius 3 is 2.55 bits per heavy atom. The Balaban J connectivity index is 0.000000461. The smallest absolute Gasteiger partial charge is 0.222 e. The standard InChI is InChI=1S/C6H12N2O.C2H6/c1-2-7-4-5-3-6(9)8-5;1-2/h5,7H,2-4H2,1H3,(H,8,9);1-2H3. The van der Waals surface area contributed by atoms with E-state index < -0.39 is 0 Å². The first kappa shape index (κ1) is 10.4. The Hall–Kier alpha value is -0.570. The van der Waals surface area contributed by atoms with Crippen LogP contribution in [0.2, 0.25) is 0 Å². The molecule has 3 nitrogen and oxygen atoms in total. The third-order valence-corrected chi connectivity index (χ3v) is 1.44. The second-order valence-corrected chi connectivity index (χ2v) is 2.28. The number of carbonyl (C=O) groups is 1. The SMILES string of the molecule is CC.CCNCC1CC(=O)N1. The van der Waals surface area contributed by atoms with Crippen LogP contribution in [0.15, 0.2) is 0 Å². The third kappa shape index (κ3) is 3.98. The second-order valence-electron chi connectivity index (χ2n) is 2.28. The van der Waals surface area contributed by atoms with Gasteiger partial charge in [0.25, 0.3) is 0 Å². The Morgan fingerprint density at radius 2 is 2.18 bits per heavy atom. The van der Waals surface area contributed by atoms with Gasteiger partial charge in [-0.05, 0) is 6.54 Å². The van der Waals surface area contributed by atoms with Crippen LogP contribution in [-0.2, 0) is 4.79 Å². The van der Waals surface area contributed by atoms with Crippen LogP contribution in [0.1, 0.15) is 27.2 Å². The average Bonchev–Trinajstić information content (AvgIpc) is 2.00. The van der Waals surface area contributed by atoms with Crippen molar-refractivity contribution in [3.05, 3.63) is 0 Å². The Labute approximate surface area is 68.6 Å². The van der Waals surface area contributed by atoms with Crippen molar-refractivity contribution in [2.75, 3.05) is 13.1 Å². The first-order chi connectivity index (χ1) is 5.33. The predicted octanol–water partition coefficient (Wildman–Crippen LogP) is 0.511. The maximum Gasteiger partial charge on any atom is 0.222 e. The number of hydrogen-bond donors (Lipinski definition) is 2. The maximum atomic E-state index is 10.3. The molecule has 1 aliphatic rings. The van der Waals surface area contributed by atoms with Gasteiger partial charge in [-0.3, -0.25) is 4.79 Å². The summed E-state index contributed by atoms with van der Waals surface area (Å²) in [5.74, 6) is 0.179. The van der Waals surface area contributed by atoms with E-state index >= 15 is 0 Å². The van der Waals surface area contributed by atoms with Crippen LogP contribution in [0.4, 0.5) is 0 Å². The highest BCUT2D eigenvalue weighted by Crippen LogP contribution is 2.00. The van der Waals surface area contributed by atoms with Crippen molar-refractivity contribution < 1.29 is 4.79 Å². The van der Waals surface area contributed by atoms with E-state index in [1.54, 1.807) is 0 Å². The molecule has 1 saturated heterocycles. The molecule has 0 bridgehead atoms. The molecule has 0 spiro atoms. The van der Waals surface area contributed by atoms with E-state index in [4.69, 9.17) is 0 Å². The molecule has 0 aromatic heterocycles. The summed E-state index contributed by atoms with van der Waals surface area (Å²) in [4.78, 5) is 10.3. The molecule has 1 fully saturated rings. The molecule has 1 unspecified atom stereocenters. The molecule has 0 saturated carbocycles. The van der Waals surface area contributed by atoms with Crippen LogP contribution < -0.4 is 10.6 Å². The fourth-order valence-corrected chi connectivity index (χ4v) is 0.872. The fourth-order valence-electron chi connectivity index (χ4n) is 0.872. The predicted molar refractivity (Wildman–Crippen MR) is 46.4 cm³/mol. The zero-order valence-corrected chi connectivity index (χ0v) is 7.61. The maximum absolute atomic E-state index is 10.3. The van der Waals surface area contributed by atoms with Crippen LogP contribution in [-0.4, -0.2) is 25.0 Å². The van der Waals surface area contributed by atoms with Crippen LogP contribution in [0.5, 0.6) is 0 Å². The highest BCUT2D eigenvalue weighted by molar-refractivity contribution is 5.82. The molecule has 0 aliphatic carbocycles. The summed E-state index contributed by atoms with van der Waals surface area (Å²) in [6.45, 7) is 7.95. The van der Waals surface area contributed by atoms with E-state index in [1.807, 2.05) is 13.8 Å². The third-order valence-electron chi connectivity index (χ3n) is 1.44. The lowest BCUT2D eigenvalue weighted by Gasteiger charge is -2.26. The van der Waals surface area contributed by atoms with E-state index in [0.29, 0.717) is 12.5 Å². The normalized spacial score (nSPS) is 21.0. The van der Waals surface area contributed by atoms with Crippen LogP contribution in [0.3, 0.4) is 0 Å². The minimum absolute atomic E-state index is 0.179. The molecular formula is C8H18N2O. The Bertz CT molecular complexity index is 107. The minimum atomic E-state index is 0.179. The lowest BCUT2D eigenvalue weighted by atomic mass is 10.1. The number of rotatable bonds is 3. The topological polar surface area (TPSA) is 41.1 Å². The van der Waals surface area contributed by atoms with Gasteiger partial charge in [-0.25, -0.2) is 0 Å². The Kier molecular flexibility index (Phi) is 5.84. The number of β-lactam (4-membered cyclic amide) rings is 1. The van der Waals surface area contributed by atoms with Gasteiger partial charge < -0.3 is 10.6 Å². The minimum Gasteiger partial charge on any atom is -0.352 e. The monoisotopic (exact) mass is 158 g/mol. The van der Waals surface area contributed by atoms with Crippen LogP contribution >= 0.6 is 0 Å². The van der Waals surface area contributed by atoms with Crippen molar-refractivity contribution in [3.63, 3.8) is 0 Å². The number of carbonyl (C=O) groups excluding carboxylic acids is 1. The van der Waals surface area contributed by atoms with Gasteiger partial charge in [0.15, 0.2) is 0 Å². The molecule has 3 heteroatoms.